The molecule has 0 amide bonds. The lowest BCUT2D eigenvalue weighted by atomic mass is 10.2. The minimum atomic E-state index is -3.65. The Kier molecular flexibility index (Phi) is 5.40. The molecule has 1 aromatic rings. The van der Waals surface area contributed by atoms with Crippen LogP contribution < -0.4 is 10.5 Å². The largest absolute Gasteiger partial charge is 0.399 e. The van der Waals surface area contributed by atoms with Crippen LogP contribution in [0.25, 0.3) is 0 Å². The second kappa shape index (κ2) is 6.38. The minimum absolute atomic E-state index is 0.0267. The number of hydrogen-bond donors (Lipinski definition) is 3. The Labute approximate surface area is 112 Å². The first-order valence-electron chi connectivity index (χ1n) is 5.55. The van der Waals surface area contributed by atoms with Gasteiger partial charge >= 0.3 is 0 Å². The molecule has 1 rings (SSSR count). The number of aliphatic hydroxyl groups excluding tert-OH is 1. The maximum absolute atomic E-state index is 11.9. The third-order valence-electron chi connectivity index (χ3n) is 2.34. The Bertz CT molecular complexity index is 503. The van der Waals surface area contributed by atoms with E-state index in [-0.39, 0.29) is 16.5 Å². The van der Waals surface area contributed by atoms with Crippen LogP contribution in [0.3, 0.4) is 0 Å². The van der Waals surface area contributed by atoms with Gasteiger partial charge in [-0.05, 0) is 38.0 Å². The van der Waals surface area contributed by atoms with Crippen LogP contribution in [0.4, 0.5) is 5.69 Å². The molecule has 7 heteroatoms. The lowest BCUT2D eigenvalue weighted by Gasteiger charge is -2.09. The molecule has 0 fully saturated rings. The average molecular weight is 293 g/mol. The van der Waals surface area contributed by atoms with Crippen molar-refractivity contribution in [2.75, 3.05) is 12.3 Å². The summed E-state index contributed by atoms with van der Waals surface area (Å²) in [7, 11) is -3.65. The standard InChI is InChI=1S/C11H17ClN2O3S/c1-8(15)3-2-6-14-18(16,17)11-7-9(13)4-5-10(11)12/h4-5,7-8,14-15H,2-3,6,13H2,1H3. The summed E-state index contributed by atoms with van der Waals surface area (Å²) in [6.07, 6.45) is 0.648. The SMILES string of the molecule is CC(O)CCCNS(=O)(=O)c1cc(N)ccc1Cl. The lowest BCUT2D eigenvalue weighted by molar-refractivity contribution is 0.182. The summed E-state index contributed by atoms with van der Waals surface area (Å²) in [5, 5.41) is 9.20. The van der Waals surface area contributed by atoms with E-state index in [0.717, 1.165) is 0 Å². The number of sulfonamides is 1. The van der Waals surface area contributed by atoms with Crippen molar-refractivity contribution in [1.29, 1.82) is 0 Å². The molecular formula is C11H17ClN2O3S. The van der Waals surface area contributed by atoms with Crippen molar-refractivity contribution >= 4 is 27.3 Å². The quantitative estimate of drug-likeness (QED) is 0.545. The van der Waals surface area contributed by atoms with E-state index in [1.165, 1.54) is 18.2 Å². The maximum Gasteiger partial charge on any atom is 0.242 e. The smallest absolute Gasteiger partial charge is 0.242 e. The predicted molar refractivity (Wildman–Crippen MR) is 72.0 cm³/mol. The van der Waals surface area contributed by atoms with Gasteiger partial charge in [0.05, 0.1) is 11.1 Å². The first kappa shape index (κ1) is 15.2. The van der Waals surface area contributed by atoms with Gasteiger partial charge in [0.2, 0.25) is 10.0 Å². The maximum atomic E-state index is 11.9. The Morgan fingerprint density at radius 1 is 1.50 bits per heavy atom. The molecule has 1 aromatic carbocycles. The number of halogens is 1. The van der Waals surface area contributed by atoms with Crippen LogP contribution in [-0.4, -0.2) is 26.2 Å². The van der Waals surface area contributed by atoms with E-state index in [4.69, 9.17) is 22.4 Å². The third kappa shape index (κ3) is 4.45. The van der Waals surface area contributed by atoms with Crippen molar-refractivity contribution in [2.24, 2.45) is 0 Å². The van der Waals surface area contributed by atoms with Crippen LogP contribution in [0.2, 0.25) is 5.02 Å². The number of hydrogen-bond acceptors (Lipinski definition) is 4. The number of anilines is 1. The van der Waals surface area contributed by atoms with Crippen molar-refractivity contribution < 1.29 is 13.5 Å². The first-order chi connectivity index (χ1) is 8.33. The molecule has 5 nitrogen and oxygen atoms in total. The van der Waals surface area contributed by atoms with E-state index < -0.39 is 16.1 Å². The Balaban J connectivity index is 2.71. The number of aliphatic hydroxyl groups is 1. The third-order valence-corrected chi connectivity index (χ3v) is 4.28. The molecule has 0 radical (unpaired) electrons. The first-order valence-corrected chi connectivity index (χ1v) is 7.42. The van der Waals surface area contributed by atoms with E-state index >= 15 is 0 Å². The molecule has 102 valence electrons. The zero-order chi connectivity index (χ0) is 13.8. The number of benzene rings is 1. The van der Waals surface area contributed by atoms with Crippen LogP contribution in [0.1, 0.15) is 19.8 Å². The van der Waals surface area contributed by atoms with Gasteiger partial charge in [-0.3, -0.25) is 0 Å². The predicted octanol–water partition coefficient (Wildman–Crippen LogP) is 1.36. The normalized spacial score (nSPS) is 13.5. The summed E-state index contributed by atoms with van der Waals surface area (Å²) in [5.41, 5.74) is 5.87. The van der Waals surface area contributed by atoms with Crippen molar-refractivity contribution in [2.45, 2.75) is 30.8 Å². The molecule has 0 saturated heterocycles. The van der Waals surface area contributed by atoms with Crippen LogP contribution in [0.15, 0.2) is 23.1 Å². The topological polar surface area (TPSA) is 92.4 Å². The van der Waals surface area contributed by atoms with Crippen LogP contribution in [-0.2, 0) is 10.0 Å². The van der Waals surface area contributed by atoms with Gasteiger partial charge in [0.25, 0.3) is 0 Å². The summed E-state index contributed by atoms with van der Waals surface area (Å²) in [6, 6.07) is 4.30. The van der Waals surface area contributed by atoms with Gasteiger partial charge in [0, 0.05) is 12.2 Å². The average Bonchev–Trinajstić information content (AvgIpc) is 2.27. The highest BCUT2D eigenvalue weighted by Crippen LogP contribution is 2.23. The Morgan fingerprint density at radius 2 is 2.17 bits per heavy atom. The number of nitrogens with one attached hydrogen (secondary N) is 1. The zero-order valence-corrected chi connectivity index (χ0v) is 11.6. The Morgan fingerprint density at radius 3 is 2.78 bits per heavy atom. The molecule has 0 saturated carbocycles. The second-order valence-corrected chi connectivity index (χ2v) is 6.22. The van der Waals surface area contributed by atoms with Crippen LogP contribution in [0.5, 0.6) is 0 Å². The summed E-state index contributed by atoms with van der Waals surface area (Å²) < 4.78 is 26.3. The highest BCUT2D eigenvalue weighted by atomic mass is 35.5. The molecular weight excluding hydrogens is 276 g/mol. The molecule has 0 aliphatic rings. The van der Waals surface area contributed by atoms with Gasteiger partial charge in [0.15, 0.2) is 0 Å². The van der Waals surface area contributed by atoms with Crippen molar-refractivity contribution in [3.8, 4) is 0 Å². The van der Waals surface area contributed by atoms with Gasteiger partial charge in [0.1, 0.15) is 4.90 Å². The summed E-state index contributed by atoms with van der Waals surface area (Å²) in [5.74, 6) is 0. The molecule has 4 N–H and O–H groups in total. The van der Waals surface area contributed by atoms with E-state index in [0.29, 0.717) is 18.5 Å². The van der Waals surface area contributed by atoms with E-state index in [1.54, 1.807) is 6.92 Å². The fourth-order valence-corrected chi connectivity index (χ4v) is 3.01. The highest BCUT2D eigenvalue weighted by Gasteiger charge is 2.17. The zero-order valence-electron chi connectivity index (χ0n) is 10.1. The summed E-state index contributed by atoms with van der Waals surface area (Å²) in [4.78, 5) is -0.0267. The Hall–Kier alpha value is -0.820. The van der Waals surface area contributed by atoms with E-state index in [2.05, 4.69) is 4.72 Å². The molecule has 0 aliphatic heterocycles. The van der Waals surface area contributed by atoms with Gasteiger partial charge in [-0.2, -0.15) is 0 Å². The molecule has 0 aromatic heterocycles. The lowest BCUT2D eigenvalue weighted by Crippen LogP contribution is -2.25. The fourth-order valence-electron chi connectivity index (χ4n) is 1.41. The molecule has 1 atom stereocenters. The van der Waals surface area contributed by atoms with Gasteiger partial charge in [-0.1, -0.05) is 11.6 Å². The van der Waals surface area contributed by atoms with Crippen molar-refractivity contribution in [3.63, 3.8) is 0 Å². The molecule has 18 heavy (non-hydrogen) atoms. The van der Waals surface area contributed by atoms with Gasteiger partial charge in [-0.15, -0.1) is 0 Å². The molecule has 0 aliphatic carbocycles. The molecule has 0 bridgehead atoms. The van der Waals surface area contributed by atoms with Crippen molar-refractivity contribution in [3.05, 3.63) is 23.2 Å². The van der Waals surface area contributed by atoms with Crippen LogP contribution in [0, 0.1) is 0 Å². The van der Waals surface area contributed by atoms with Gasteiger partial charge < -0.3 is 10.8 Å². The minimum Gasteiger partial charge on any atom is -0.399 e. The second-order valence-electron chi connectivity index (χ2n) is 4.08. The van der Waals surface area contributed by atoms with Crippen LogP contribution >= 0.6 is 11.6 Å². The molecule has 0 heterocycles. The number of rotatable bonds is 6. The number of nitrogens with two attached hydrogens (primary N) is 1. The van der Waals surface area contributed by atoms with E-state index in [9.17, 15) is 8.42 Å². The monoisotopic (exact) mass is 292 g/mol. The van der Waals surface area contributed by atoms with Crippen molar-refractivity contribution in [1.82, 2.24) is 4.72 Å². The fraction of sp³-hybridized carbons (Fsp3) is 0.455. The molecule has 1 unspecified atom stereocenters. The highest BCUT2D eigenvalue weighted by molar-refractivity contribution is 7.89. The summed E-state index contributed by atoms with van der Waals surface area (Å²) in [6.45, 7) is 1.90. The number of nitrogen functional groups attached to an aromatic ring is 1. The van der Waals surface area contributed by atoms with Gasteiger partial charge in [-0.25, -0.2) is 13.1 Å². The summed E-state index contributed by atoms with van der Waals surface area (Å²) >= 11 is 5.83. The van der Waals surface area contributed by atoms with E-state index in [1.807, 2.05) is 0 Å². The molecule has 0 spiro atoms.